The Bertz CT molecular complexity index is 1350. The van der Waals surface area contributed by atoms with Crippen LogP contribution >= 0.6 is 11.8 Å². The molecule has 0 unspecified atom stereocenters. The number of hydrogen-bond acceptors (Lipinski definition) is 14. The largest absolute Gasteiger partial charge is 0.506 e. The van der Waals surface area contributed by atoms with Crippen LogP contribution in [0.15, 0.2) is 18.2 Å². The third-order valence-corrected chi connectivity index (χ3v) is 10.3. The molecule has 0 spiro atoms. The molecule has 3 amide bonds. The summed E-state index contributed by atoms with van der Waals surface area (Å²) in [6.07, 6.45) is 4.29. The number of fused-ring (bicyclic) bond motifs is 1. The van der Waals surface area contributed by atoms with Crippen LogP contribution in [-0.4, -0.2) is 105 Å². The molecule has 4 fully saturated rings. The number of carbonyl (C=O) groups excluding carboxylic acids is 2. The number of anilines is 5. The molecule has 0 bridgehead atoms. The van der Waals surface area contributed by atoms with Crippen molar-refractivity contribution in [3.8, 4) is 5.75 Å². The Morgan fingerprint density at radius 1 is 0.935 bits per heavy atom. The summed E-state index contributed by atoms with van der Waals surface area (Å²) >= 11 is 1.86. The average molecular weight is 656 g/mol. The molecule has 1 aromatic heterocycles. The number of phenolic OH excluding ortho intramolecular Hbond substituents is 1. The molecule has 4 aliphatic rings. The minimum Gasteiger partial charge on any atom is -0.506 e. The minimum atomic E-state index is -0.175. The molecule has 13 N–H and O–H groups in total. The Morgan fingerprint density at radius 3 is 2.17 bits per heavy atom. The predicted molar refractivity (Wildman–Crippen MR) is 179 cm³/mol. The standard InChI is InChI=1S/C29H45N13O3S/c30-15-7-16(31)11-41(10-15)27-38-26(39-28(40-27)42-12-17(32)8-18(33)13-42)34-19-5-6-20(22(43)9-19)35-24(44)4-2-1-3-23-25-21(14-46-23)36-29(45)37-25/h5-6,9,15-18,21,23,25,43H,1-4,7-8,10-14,30-33H2,(H,35,44)(H2,36,37,45)(H,34,38,39,40)/t15-,16+,17-,18+,21-,23+,25-/m1/s1. The third-order valence-electron chi connectivity index (χ3n) is 8.82. The number of piperidine rings is 2. The maximum Gasteiger partial charge on any atom is 0.315 e. The van der Waals surface area contributed by atoms with E-state index in [4.69, 9.17) is 27.9 Å². The monoisotopic (exact) mass is 655 g/mol. The molecule has 2 aromatic rings. The lowest BCUT2D eigenvalue weighted by atomic mass is 10.0. The Kier molecular flexibility index (Phi) is 9.84. The van der Waals surface area contributed by atoms with Crippen molar-refractivity contribution in [2.24, 2.45) is 22.9 Å². The second kappa shape index (κ2) is 14.0. The van der Waals surface area contributed by atoms with E-state index < -0.39 is 0 Å². The number of nitrogens with one attached hydrogen (secondary N) is 4. The lowest BCUT2D eigenvalue weighted by Crippen LogP contribution is -2.54. The average Bonchev–Trinajstić information content (AvgIpc) is 3.54. The molecule has 6 rings (SSSR count). The Hall–Kier alpha value is -3.64. The molecule has 250 valence electrons. The maximum atomic E-state index is 12.6. The Labute approximate surface area is 272 Å². The lowest BCUT2D eigenvalue weighted by molar-refractivity contribution is -0.116. The van der Waals surface area contributed by atoms with Gasteiger partial charge >= 0.3 is 6.03 Å². The number of thioether (sulfide) groups is 1. The van der Waals surface area contributed by atoms with Gasteiger partial charge in [0.25, 0.3) is 0 Å². The number of carbonyl (C=O) groups is 2. The highest BCUT2D eigenvalue weighted by atomic mass is 32.2. The van der Waals surface area contributed by atoms with Crippen LogP contribution in [0.2, 0.25) is 0 Å². The van der Waals surface area contributed by atoms with Gasteiger partial charge in [-0.3, -0.25) is 4.79 Å². The lowest BCUT2D eigenvalue weighted by Gasteiger charge is -2.37. The first kappa shape index (κ1) is 32.3. The van der Waals surface area contributed by atoms with Gasteiger partial charge in [0.15, 0.2) is 0 Å². The topological polar surface area (TPSA) is 252 Å². The zero-order valence-electron chi connectivity index (χ0n) is 25.8. The molecule has 5 heterocycles. The second-order valence-electron chi connectivity index (χ2n) is 12.9. The van der Waals surface area contributed by atoms with Crippen LogP contribution in [0.1, 0.15) is 38.5 Å². The first-order valence-corrected chi connectivity index (χ1v) is 17.0. The summed E-state index contributed by atoms with van der Waals surface area (Å²) in [4.78, 5) is 42.2. The molecular formula is C29H45N13O3S. The summed E-state index contributed by atoms with van der Waals surface area (Å²) in [5.74, 6) is 1.80. The van der Waals surface area contributed by atoms with Crippen molar-refractivity contribution in [1.29, 1.82) is 0 Å². The van der Waals surface area contributed by atoms with Gasteiger partial charge in [-0.1, -0.05) is 6.42 Å². The Morgan fingerprint density at radius 2 is 1.57 bits per heavy atom. The highest BCUT2D eigenvalue weighted by Gasteiger charge is 2.42. The number of aromatic hydroxyl groups is 1. The molecule has 4 aliphatic heterocycles. The fourth-order valence-electron chi connectivity index (χ4n) is 6.71. The number of nitrogens with two attached hydrogens (primary N) is 4. The van der Waals surface area contributed by atoms with Crippen molar-refractivity contribution in [2.75, 3.05) is 52.4 Å². The smallest absolute Gasteiger partial charge is 0.315 e. The molecule has 7 atom stereocenters. The maximum absolute atomic E-state index is 12.6. The number of urea groups is 1. The molecule has 17 heteroatoms. The van der Waals surface area contributed by atoms with Crippen molar-refractivity contribution < 1.29 is 14.7 Å². The summed E-state index contributed by atoms with van der Waals surface area (Å²) in [6.45, 7) is 2.23. The van der Waals surface area contributed by atoms with E-state index in [2.05, 4.69) is 31.2 Å². The summed E-state index contributed by atoms with van der Waals surface area (Å²) in [6, 6.07) is 4.71. The summed E-state index contributed by atoms with van der Waals surface area (Å²) in [7, 11) is 0. The highest BCUT2D eigenvalue weighted by Crippen LogP contribution is 2.34. The Balaban J connectivity index is 1.08. The molecular weight excluding hydrogens is 610 g/mol. The number of amides is 3. The predicted octanol–water partition coefficient (Wildman–Crippen LogP) is -0.285. The number of unbranched alkanes of at least 4 members (excludes halogenated alkanes) is 1. The fraction of sp³-hybridized carbons (Fsp3) is 0.621. The van der Waals surface area contributed by atoms with E-state index in [0.29, 0.717) is 67.5 Å². The van der Waals surface area contributed by atoms with Crippen LogP contribution in [0.4, 0.5) is 34.0 Å². The van der Waals surface area contributed by atoms with Gasteiger partial charge in [-0.2, -0.15) is 26.7 Å². The van der Waals surface area contributed by atoms with Gasteiger partial charge in [0.05, 0.1) is 17.8 Å². The summed E-state index contributed by atoms with van der Waals surface area (Å²) in [5, 5.41) is 23.0. The number of hydrogen-bond donors (Lipinski definition) is 9. The minimum absolute atomic E-state index is 0.0910. The SMILES string of the molecule is N[C@@H]1C[C@H](N)CN(c2nc(Nc3ccc(NC(=O)CCCC[C@@H]4SC[C@H]5NC(=O)N[C@@H]45)c(O)c3)nc(N3C[C@H](N)C[C@H](N)C3)n2)C1. The van der Waals surface area contributed by atoms with Gasteiger partial charge in [-0.25, -0.2) is 4.79 Å². The van der Waals surface area contributed by atoms with Crippen molar-refractivity contribution in [3.05, 3.63) is 18.2 Å². The van der Waals surface area contributed by atoms with Crippen LogP contribution in [-0.2, 0) is 4.79 Å². The number of rotatable bonds is 10. The van der Waals surface area contributed by atoms with Crippen LogP contribution in [0.3, 0.4) is 0 Å². The quantitative estimate of drug-likeness (QED) is 0.0907. The molecule has 0 aliphatic carbocycles. The number of aromatic nitrogens is 3. The van der Waals surface area contributed by atoms with Crippen LogP contribution in [0, 0.1) is 0 Å². The normalized spacial score (nSPS) is 29.2. The molecule has 0 saturated carbocycles. The third kappa shape index (κ3) is 7.83. The van der Waals surface area contributed by atoms with Crippen LogP contribution in [0.25, 0.3) is 0 Å². The van der Waals surface area contributed by atoms with Crippen molar-refractivity contribution in [3.63, 3.8) is 0 Å². The number of phenols is 1. The molecule has 16 nitrogen and oxygen atoms in total. The van der Waals surface area contributed by atoms with Crippen LogP contribution in [0.5, 0.6) is 5.75 Å². The van der Waals surface area contributed by atoms with E-state index in [1.54, 1.807) is 12.1 Å². The summed E-state index contributed by atoms with van der Waals surface area (Å²) < 4.78 is 0. The second-order valence-corrected chi connectivity index (χ2v) is 14.1. The summed E-state index contributed by atoms with van der Waals surface area (Å²) in [5.41, 5.74) is 25.9. The van der Waals surface area contributed by atoms with E-state index in [1.807, 2.05) is 21.6 Å². The molecule has 4 saturated heterocycles. The van der Waals surface area contributed by atoms with Gasteiger partial charge in [-0.05, 0) is 37.8 Å². The first-order valence-electron chi connectivity index (χ1n) is 16.0. The van der Waals surface area contributed by atoms with Crippen molar-refractivity contribution >= 4 is 52.9 Å². The zero-order valence-corrected chi connectivity index (χ0v) is 26.6. The highest BCUT2D eigenvalue weighted by molar-refractivity contribution is 8.00. The zero-order chi connectivity index (χ0) is 32.4. The van der Waals surface area contributed by atoms with Gasteiger partial charge < -0.3 is 59.1 Å². The van der Waals surface area contributed by atoms with Crippen LogP contribution < -0.4 is 54.0 Å². The van der Waals surface area contributed by atoms with E-state index in [9.17, 15) is 14.7 Å². The fourth-order valence-corrected chi connectivity index (χ4v) is 8.25. The molecule has 46 heavy (non-hydrogen) atoms. The van der Waals surface area contributed by atoms with Gasteiger partial charge in [0.1, 0.15) is 5.75 Å². The van der Waals surface area contributed by atoms with Gasteiger partial charge in [0.2, 0.25) is 23.8 Å². The van der Waals surface area contributed by atoms with Crippen molar-refractivity contribution in [1.82, 2.24) is 25.6 Å². The molecule has 1 aromatic carbocycles. The van der Waals surface area contributed by atoms with Gasteiger partial charge in [-0.15, -0.1) is 0 Å². The van der Waals surface area contributed by atoms with Crippen molar-refractivity contribution in [2.45, 2.75) is 80.0 Å². The van der Waals surface area contributed by atoms with E-state index in [1.165, 1.54) is 6.07 Å². The van der Waals surface area contributed by atoms with E-state index in [0.717, 1.165) is 31.4 Å². The molecule has 0 radical (unpaired) electrons. The van der Waals surface area contributed by atoms with E-state index >= 15 is 0 Å². The van der Waals surface area contributed by atoms with Gasteiger partial charge in [0, 0.05) is 79.5 Å². The number of nitrogens with zero attached hydrogens (tertiary/aromatic N) is 5. The van der Waals surface area contributed by atoms with E-state index in [-0.39, 0.29) is 59.9 Å². The first-order chi connectivity index (χ1) is 22.1. The number of benzene rings is 1.